The Labute approximate surface area is 138 Å². The van der Waals surface area contributed by atoms with Crippen molar-refractivity contribution in [1.29, 1.82) is 0 Å². The average molecular weight is 317 g/mol. The van der Waals surface area contributed by atoms with Crippen LogP contribution in [0.2, 0.25) is 0 Å². The number of hydrogen-bond donors (Lipinski definition) is 1. The smallest absolute Gasteiger partial charge is 0.251 e. The number of carbonyl (C=O) groups excluding carboxylic acids is 2. The number of amides is 2. The van der Waals surface area contributed by atoms with Gasteiger partial charge in [-0.05, 0) is 37.6 Å². The van der Waals surface area contributed by atoms with E-state index in [9.17, 15) is 9.59 Å². The van der Waals surface area contributed by atoms with Crippen LogP contribution in [0.25, 0.3) is 0 Å². The molecule has 0 spiro atoms. The molecule has 0 unspecified atom stereocenters. The van der Waals surface area contributed by atoms with E-state index in [1.807, 2.05) is 41.1 Å². The van der Waals surface area contributed by atoms with E-state index in [1.54, 1.807) is 7.05 Å². The van der Waals surface area contributed by atoms with Gasteiger partial charge in [0.05, 0.1) is 6.54 Å². The highest BCUT2D eigenvalue weighted by atomic mass is 16.2. The van der Waals surface area contributed by atoms with Crippen molar-refractivity contribution < 1.29 is 9.59 Å². The topological polar surface area (TPSA) is 52.7 Å². The zero-order valence-electron chi connectivity index (χ0n) is 14.2. The third-order valence-corrected chi connectivity index (χ3v) is 4.26. The van der Waals surface area contributed by atoms with Crippen molar-refractivity contribution in [3.63, 3.8) is 0 Å². The predicted octanol–water partition coefficient (Wildman–Crippen LogP) is 1.88. The summed E-state index contributed by atoms with van der Waals surface area (Å²) in [5, 5.41) is 2.61. The van der Waals surface area contributed by atoms with Gasteiger partial charge in [-0.3, -0.25) is 14.5 Å². The molecule has 1 N–H and O–H groups in total. The van der Waals surface area contributed by atoms with E-state index in [1.165, 1.54) is 12.8 Å². The first-order chi connectivity index (χ1) is 11.1. The zero-order valence-corrected chi connectivity index (χ0v) is 14.2. The summed E-state index contributed by atoms with van der Waals surface area (Å²) in [4.78, 5) is 27.9. The molecule has 2 rings (SSSR count). The summed E-state index contributed by atoms with van der Waals surface area (Å²) in [7, 11) is 3.58. The number of rotatable bonds is 5. The average Bonchev–Trinajstić information content (AvgIpc) is 2.84. The summed E-state index contributed by atoms with van der Waals surface area (Å²) in [5.41, 5.74) is 1.75. The Kier molecular flexibility index (Phi) is 6.59. The first-order valence-electron chi connectivity index (χ1n) is 8.37. The molecule has 0 aromatic heterocycles. The number of likely N-dealkylation sites (N-methyl/N-ethyl adjacent to an activating group) is 1. The van der Waals surface area contributed by atoms with Crippen LogP contribution >= 0.6 is 0 Å². The molecule has 1 fully saturated rings. The fourth-order valence-corrected chi connectivity index (χ4v) is 2.92. The lowest BCUT2D eigenvalue weighted by molar-refractivity contribution is -0.132. The van der Waals surface area contributed by atoms with Gasteiger partial charge in [0.15, 0.2) is 0 Å². The van der Waals surface area contributed by atoms with Crippen LogP contribution in [0.1, 0.15) is 41.6 Å². The molecule has 1 heterocycles. The van der Waals surface area contributed by atoms with E-state index < -0.39 is 0 Å². The summed E-state index contributed by atoms with van der Waals surface area (Å²) in [6, 6.07) is 7.52. The first-order valence-corrected chi connectivity index (χ1v) is 8.37. The highest BCUT2D eigenvalue weighted by Crippen LogP contribution is 2.11. The van der Waals surface area contributed by atoms with Crippen molar-refractivity contribution in [2.24, 2.45) is 0 Å². The Balaban J connectivity index is 1.84. The van der Waals surface area contributed by atoms with Crippen molar-refractivity contribution >= 4 is 11.8 Å². The van der Waals surface area contributed by atoms with Gasteiger partial charge >= 0.3 is 0 Å². The minimum absolute atomic E-state index is 0.0822. The number of hydrogen-bond acceptors (Lipinski definition) is 3. The maximum Gasteiger partial charge on any atom is 0.251 e. The molecule has 1 aliphatic heterocycles. The summed E-state index contributed by atoms with van der Waals surface area (Å²) < 4.78 is 0. The molecule has 1 saturated heterocycles. The van der Waals surface area contributed by atoms with Crippen LogP contribution in [-0.2, 0) is 11.3 Å². The van der Waals surface area contributed by atoms with Crippen molar-refractivity contribution in [3.8, 4) is 0 Å². The summed E-state index contributed by atoms with van der Waals surface area (Å²) in [5.74, 6) is 0.137. The Morgan fingerprint density at radius 1 is 1.09 bits per heavy atom. The normalized spacial score (nSPS) is 15.3. The van der Waals surface area contributed by atoms with Gasteiger partial charge in [-0.2, -0.15) is 0 Å². The Morgan fingerprint density at radius 3 is 2.26 bits per heavy atom. The van der Waals surface area contributed by atoms with Gasteiger partial charge < -0.3 is 10.2 Å². The van der Waals surface area contributed by atoms with Crippen LogP contribution in [0.3, 0.4) is 0 Å². The highest BCUT2D eigenvalue weighted by molar-refractivity contribution is 5.93. The molecule has 0 aliphatic carbocycles. The molecule has 1 aliphatic rings. The monoisotopic (exact) mass is 317 g/mol. The standard InChI is InChI=1S/C18H27N3O2/c1-19-18(23)16-9-7-15(8-10-16)13-20(2)14-17(22)21-11-5-3-4-6-12-21/h7-10H,3-6,11-14H2,1-2H3,(H,19,23). The largest absolute Gasteiger partial charge is 0.355 e. The summed E-state index contributed by atoms with van der Waals surface area (Å²) in [6.07, 6.45) is 4.71. The number of carbonyl (C=O) groups is 2. The van der Waals surface area contributed by atoms with Gasteiger partial charge in [0.1, 0.15) is 0 Å². The van der Waals surface area contributed by atoms with E-state index in [0.29, 0.717) is 18.7 Å². The van der Waals surface area contributed by atoms with Crippen LogP contribution < -0.4 is 5.32 Å². The molecule has 2 amide bonds. The quantitative estimate of drug-likeness (QED) is 0.902. The van der Waals surface area contributed by atoms with E-state index in [-0.39, 0.29) is 11.8 Å². The maximum atomic E-state index is 12.4. The van der Waals surface area contributed by atoms with E-state index >= 15 is 0 Å². The Bertz CT molecular complexity index is 520. The number of nitrogens with zero attached hydrogens (tertiary/aromatic N) is 2. The summed E-state index contributed by atoms with van der Waals surface area (Å²) in [6.45, 7) is 2.94. The van der Waals surface area contributed by atoms with Gasteiger partial charge in [-0.15, -0.1) is 0 Å². The molecule has 1 aromatic carbocycles. The lowest BCUT2D eigenvalue weighted by atomic mass is 10.1. The molecule has 0 radical (unpaired) electrons. The molecular formula is C18H27N3O2. The van der Waals surface area contributed by atoms with E-state index in [0.717, 1.165) is 31.5 Å². The second kappa shape index (κ2) is 8.67. The van der Waals surface area contributed by atoms with Crippen LogP contribution in [0.15, 0.2) is 24.3 Å². The third kappa shape index (κ3) is 5.36. The fraction of sp³-hybridized carbons (Fsp3) is 0.556. The SMILES string of the molecule is CNC(=O)c1ccc(CN(C)CC(=O)N2CCCCCC2)cc1. The zero-order chi connectivity index (χ0) is 16.7. The molecular weight excluding hydrogens is 290 g/mol. The van der Waals surface area contributed by atoms with Crippen LogP contribution in [0, 0.1) is 0 Å². The molecule has 5 nitrogen and oxygen atoms in total. The second-order valence-corrected chi connectivity index (χ2v) is 6.24. The molecule has 23 heavy (non-hydrogen) atoms. The molecule has 126 valence electrons. The maximum absolute atomic E-state index is 12.4. The van der Waals surface area contributed by atoms with Crippen LogP contribution in [-0.4, -0.2) is 55.3 Å². The predicted molar refractivity (Wildman–Crippen MR) is 91.2 cm³/mol. The van der Waals surface area contributed by atoms with Crippen molar-refractivity contribution in [3.05, 3.63) is 35.4 Å². The van der Waals surface area contributed by atoms with Crippen molar-refractivity contribution in [2.45, 2.75) is 32.2 Å². The van der Waals surface area contributed by atoms with Crippen LogP contribution in [0.4, 0.5) is 0 Å². The highest BCUT2D eigenvalue weighted by Gasteiger charge is 2.17. The molecule has 0 bridgehead atoms. The number of benzene rings is 1. The van der Waals surface area contributed by atoms with Gasteiger partial charge in [0, 0.05) is 32.2 Å². The number of likely N-dealkylation sites (tertiary alicyclic amines) is 1. The number of nitrogens with one attached hydrogen (secondary N) is 1. The minimum Gasteiger partial charge on any atom is -0.355 e. The molecule has 5 heteroatoms. The van der Waals surface area contributed by atoms with Crippen LogP contribution in [0.5, 0.6) is 0 Å². The first kappa shape index (κ1) is 17.5. The van der Waals surface area contributed by atoms with Gasteiger partial charge in [-0.25, -0.2) is 0 Å². The van der Waals surface area contributed by atoms with Gasteiger partial charge in [0.25, 0.3) is 5.91 Å². The second-order valence-electron chi connectivity index (χ2n) is 6.24. The van der Waals surface area contributed by atoms with Gasteiger partial charge in [0.2, 0.25) is 5.91 Å². The Morgan fingerprint density at radius 2 is 1.70 bits per heavy atom. The van der Waals surface area contributed by atoms with Gasteiger partial charge in [-0.1, -0.05) is 25.0 Å². The molecule has 0 saturated carbocycles. The molecule has 0 atom stereocenters. The Hall–Kier alpha value is -1.88. The fourth-order valence-electron chi connectivity index (χ4n) is 2.92. The van der Waals surface area contributed by atoms with Crippen molar-refractivity contribution in [2.75, 3.05) is 33.7 Å². The minimum atomic E-state index is -0.0822. The van der Waals surface area contributed by atoms with E-state index in [2.05, 4.69) is 5.32 Å². The lowest BCUT2D eigenvalue weighted by Crippen LogP contribution is -2.39. The van der Waals surface area contributed by atoms with Crippen molar-refractivity contribution in [1.82, 2.24) is 15.1 Å². The van der Waals surface area contributed by atoms with E-state index in [4.69, 9.17) is 0 Å². The molecule has 1 aromatic rings. The third-order valence-electron chi connectivity index (χ3n) is 4.26. The summed E-state index contributed by atoms with van der Waals surface area (Å²) >= 11 is 0. The lowest BCUT2D eigenvalue weighted by Gasteiger charge is -2.24.